The van der Waals surface area contributed by atoms with Gasteiger partial charge in [0.15, 0.2) is 11.5 Å². The molecular weight excluding hydrogens is 324 g/mol. The molecular formula is C16H20N6O3. The third kappa shape index (κ3) is 2.95. The van der Waals surface area contributed by atoms with Crippen molar-refractivity contribution in [2.24, 2.45) is 5.11 Å². The van der Waals surface area contributed by atoms with E-state index in [4.69, 9.17) is 15.0 Å². The molecule has 1 amide bonds. The van der Waals surface area contributed by atoms with Gasteiger partial charge in [-0.2, -0.15) is 0 Å². The molecule has 1 aromatic rings. The van der Waals surface area contributed by atoms with Crippen LogP contribution < -0.4 is 14.9 Å². The van der Waals surface area contributed by atoms with Crippen LogP contribution in [0.3, 0.4) is 0 Å². The zero-order valence-electron chi connectivity index (χ0n) is 14.4. The van der Waals surface area contributed by atoms with Crippen LogP contribution in [0.4, 0.5) is 0 Å². The molecule has 0 aromatic heterocycles. The number of methoxy groups -OCH3 is 2. The molecule has 0 saturated heterocycles. The topological polar surface area (TPSA) is 103 Å². The van der Waals surface area contributed by atoms with Gasteiger partial charge < -0.3 is 19.4 Å². The van der Waals surface area contributed by atoms with E-state index in [1.807, 2.05) is 12.1 Å². The van der Waals surface area contributed by atoms with Gasteiger partial charge in [-0.15, -0.1) is 0 Å². The van der Waals surface area contributed by atoms with Crippen molar-refractivity contribution in [3.63, 3.8) is 0 Å². The first-order valence-corrected chi connectivity index (χ1v) is 7.89. The molecule has 1 aromatic carbocycles. The fourth-order valence-corrected chi connectivity index (χ4v) is 3.26. The molecule has 0 spiro atoms. The zero-order chi connectivity index (χ0) is 18.0. The summed E-state index contributed by atoms with van der Waals surface area (Å²) in [6.07, 6.45) is 0.577. The molecule has 1 atom stereocenters. The summed E-state index contributed by atoms with van der Waals surface area (Å²) >= 11 is 0. The number of nitrogens with one attached hydrogen (secondary N) is 1. The average molecular weight is 344 g/mol. The van der Waals surface area contributed by atoms with E-state index in [9.17, 15) is 4.79 Å². The third-order valence-corrected chi connectivity index (χ3v) is 4.47. The molecule has 0 aliphatic carbocycles. The summed E-state index contributed by atoms with van der Waals surface area (Å²) in [6, 6.07) is 4.84. The number of benzene rings is 1. The van der Waals surface area contributed by atoms with Crippen LogP contribution in [0.25, 0.3) is 10.4 Å². The lowest BCUT2D eigenvalue weighted by molar-refractivity contribution is 0.0790. The minimum Gasteiger partial charge on any atom is -0.493 e. The fraction of sp³-hybridized carbons (Fsp3) is 0.438. The van der Waals surface area contributed by atoms with Crippen LogP contribution in [0.5, 0.6) is 11.5 Å². The van der Waals surface area contributed by atoms with Crippen molar-refractivity contribution in [3.8, 4) is 11.5 Å². The molecule has 0 saturated carbocycles. The van der Waals surface area contributed by atoms with E-state index in [1.54, 1.807) is 30.2 Å². The molecule has 0 fully saturated rings. The number of carbonyl (C=O) groups excluding carboxylic acids is 1. The fourth-order valence-electron chi connectivity index (χ4n) is 3.26. The maximum absolute atomic E-state index is 13.0. The van der Waals surface area contributed by atoms with E-state index < -0.39 is 0 Å². The van der Waals surface area contributed by atoms with Crippen LogP contribution in [0.2, 0.25) is 0 Å². The third-order valence-electron chi connectivity index (χ3n) is 4.47. The Labute approximate surface area is 145 Å². The minimum absolute atomic E-state index is 0.120. The molecule has 0 radical (unpaired) electrons. The van der Waals surface area contributed by atoms with Crippen molar-refractivity contribution >= 4 is 5.91 Å². The normalized spacial score (nSPS) is 19.4. The van der Waals surface area contributed by atoms with Crippen molar-refractivity contribution < 1.29 is 14.3 Å². The van der Waals surface area contributed by atoms with Crippen LogP contribution in [0.1, 0.15) is 16.8 Å². The van der Waals surface area contributed by atoms with Crippen molar-refractivity contribution in [3.05, 3.63) is 45.6 Å². The van der Waals surface area contributed by atoms with E-state index in [0.29, 0.717) is 36.6 Å². The van der Waals surface area contributed by atoms with Crippen molar-refractivity contribution in [1.82, 2.24) is 15.3 Å². The van der Waals surface area contributed by atoms with Gasteiger partial charge in [-0.05, 0) is 30.2 Å². The second kappa shape index (κ2) is 6.92. The van der Waals surface area contributed by atoms with Gasteiger partial charge in [0, 0.05) is 24.1 Å². The number of azide groups is 1. The summed E-state index contributed by atoms with van der Waals surface area (Å²) in [6.45, 7) is 1.01. The number of hydrazine groups is 1. The highest BCUT2D eigenvalue weighted by molar-refractivity contribution is 5.96. The van der Waals surface area contributed by atoms with E-state index in [0.717, 1.165) is 11.4 Å². The Morgan fingerprint density at radius 2 is 2.12 bits per heavy atom. The molecule has 132 valence electrons. The zero-order valence-corrected chi connectivity index (χ0v) is 14.4. The van der Waals surface area contributed by atoms with Crippen LogP contribution >= 0.6 is 0 Å². The minimum atomic E-state index is -0.269. The summed E-state index contributed by atoms with van der Waals surface area (Å²) < 4.78 is 10.5. The molecule has 2 aliphatic heterocycles. The van der Waals surface area contributed by atoms with Crippen molar-refractivity contribution in [2.75, 3.05) is 34.4 Å². The van der Waals surface area contributed by atoms with Crippen molar-refractivity contribution in [1.29, 1.82) is 0 Å². The van der Waals surface area contributed by atoms with Crippen LogP contribution in [0.15, 0.2) is 34.7 Å². The van der Waals surface area contributed by atoms with E-state index in [2.05, 4.69) is 15.5 Å². The van der Waals surface area contributed by atoms with E-state index in [1.165, 1.54) is 7.11 Å². The number of carbonyl (C=O) groups is 1. The Balaban J connectivity index is 1.95. The Morgan fingerprint density at radius 1 is 1.36 bits per heavy atom. The molecule has 1 N–H and O–H groups in total. The monoisotopic (exact) mass is 344 g/mol. The number of nitrogens with zero attached hydrogens (tertiary/aromatic N) is 5. The Bertz CT molecular complexity index is 771. The number of amides is 1. The Hall–Kier alpha value is -2.90. The Kier molecular flexibility index (Phi) is 4.69. The number of ether oxygens (including phenoxy) is 2. The standard InChI is InChI=1S/C16H20N6O3/c1-21-15-11(19-20-17)6-7-22(12(15)9-18-21)16(23)10-4-5-13(24-2)14(8-10)25-3/h4-5,8,11,18H,6-7,9H2,1-3H3. The van der Waals surface area contributed by atoms with Gasteiger partial charge in [0.2, 0.25) is 0 Å². The lowest BCUT2D eigenvalue weighted by Crippen LogP contribution is -2.39. The van der Waals surface area contributed by atoms with Crippen molar-refractivity contribution in [2.45, 2.75) is 12.5 Å². The quantitative estimate of drug-likeness (QED) is 0.510. The van der Waals surface area contributed by atoms with Gasteiger partial charge in [0.1, 0.15) is 0 Å². The van der Waals surface area contributed by atoms with Crippen LogP contribution in [0, 0.1) is 0 Å². The van der Waals surface area contributed by atoms with E-state index in [-0.39, 0.29) is 11.9 Å². The summed E-state index contributed by atoms with van der Waals surface area (Å²) in [5, 5.41) is 5.68. The largest absolute Gasteiger partial charge is 0.493 e. The second-order valence-electron chi connectivity index (χ2n) is 5.76. The SMILES string of the molecule is COc1ccc(C(=O)N2CCC(N=[N+]=[N-])C3=C2CNN3C)cc1OC. The summed E-state index contributed by atoms with van der Waals surface area (Å²) in [5.41, 5.74) is 14.1. The lowest BCUT2D eigenvalue weighted by Gasteiger charge is -2.33. The molecule has 2 aliphatic rings. The van der Waals surface area contributed by atoms with Gasteiger partial charge in [0.25, 0.3) is 5.91 Å². The van der Waals surface area contributed by atoms with Gasteiger partial charge in [-0.3, -0.25) is 4.79 Å². The summed E-state index contributed by atoms with van der Waals surface area (Å²) in [5.74, 6) is 0.960. The maximum Gasteiger partial charge on any atom is 0.258 e. The smallest absolute Gasteiger partial charge is 0.258 e. The predicted octanol–water partition coefficient (Wildman–Crippen LogP) is 1.89. The number of hydrogen-bond donors (Lipinski definition) is 1. The number of rotatable bonds is 4. The van der Waals surface area contributed by atoms with Crippen LogP contribution in [-0.2, 0) is 0 Å². The first-order chi connectivity index (χ1) is 12.1. The molecule has 9 heteroatoms. The molecule has 9 nitrogen and oxygen atoms in total. The molecule has 25 heavy (non-hydrogen) atoms. The molecule has 2 heterocycles. The number of likely N-dealkylation sites (N-methyl/N-ethyl adjacent to an activating group) is 1. The molecule has 3 rings (SSSR count). The predicted molar refractivity (Wildman–Crippen MR) is 90.9 cm³/mol. The van der Waals surface area contributed by atoms with Gasteiger partial charge in [-0.1, -0.05) is 5.11 Å². The summed E-state index contributed by atoms with van der Waals surface area (Å²) in [7, 11) is 4.94. The summed E-state index contributed by atoms with van der Waals surface area (Å²) in [4.78, 5) is 17.7. The Morgan fingerprint density at radius 3 is 2.80 bits per heavy atom. The highest BCUT2D eigenvalue weighted by Crippen LogP contribution is 2.33. The van der Waals surface area contributed by atoms with Gasteiger partial charge in [-0.25, -0.2) is 5.43 Å². The molecule has 0 bridgehead atoms. The highest BCUT2D eigenvalue weighted by Gasteiger charge is 2.36. The second-order valence-corrected chi connectivity index (χ2v) is 5.76. The van der Waals surface area contributed by atoms with Crippen LogP contribution in [-0.4, -0.2) is 56.2 Å². The number of hydrogen-bond acceptors (Lipinski definition) is 6. The first-order valence-electron chi connectivity index (χ1n) is 7.89. The lowest BCUT2D eigenvalue weighted by atomic mass is 10.0. The van der Waals surface area contributed by atoms with Gasteiger partial charge in [0.05, 0.1) is 38.2 Å². The highest BCUT2D eigenvalue weighted by atomic mass is 16.5. The van der Waals surface area contributed by atoms with Gasteiger partial charge >= 0.3 is 0 Å². The maximum atomic E-state index is 13.0. The first kappa shape index (κ1) is 16.9. The average Bonchev–Trinajstić information content (AvgIpc) is 3.03. The molecule has 1 unspecified atom stereocenters. The van der Waals surface area contributed by atoms with E-state index >= 15 is 0 Å².